The molecule has 0 aliphatic rings. The topological polar surface area (TPSA) is 251 Å². The van der Waals surface area contributed by atoms with Gasteiger partial charge in [-0.15, -0.1) is 0 Å². The molecule has 10 N–H and O–H groups in total. The van der Waals surface area contributed by atoms with Gasteiger partial charge in [-0.25, -0.2) is 0 Å². The van der Waals surface area contributed by atoms with Crippen LogP contribution in [0.15, 0.2) is 0 Å². The van der Waals surface area contributed by atoms with E-state index in [4.69, 9.17) is 37.0 Å². The monoisotopic (exact) mass is 556 g/mol. The summed E-state index contributed by atoms with van der Waals surface area (Å²) >= 11 is -5.57. The molecule has 0 amide bonds. The van der Waals surface area contributed by atoms with E-state index >= 15 is 0 Å². The van der Waals surface area contributed by atoms with Gasteiger partial charge in [-0.1, -0.05) is 0 Å². The average Bonchev–Trinajstić information content (AvgIpc) is 2.43. The van der Waals surface area contributed by atoms with Crippen molar-refractivity contribution >= 4 is 29.8 Å². The van der Waals surface area contributed by atoms with Crippen LogP contribution in [0.4, 0.5) is 0 Å². The second-order valence-electron chi connectivity index (χ2n) is 5.69. The summed E-state index contributed by atoms with van der Waals surface area (Å²) in [7, 11) is 0. The average molecular weight is 556 g/mol. The minimum atomic E-state index is -5.57. The van der Waals surface area contributed by atoms with E-state index in [0.29, 0.717) is 13.1 Å². The molecule has 0 unspecified atom stereocenters. The molecule has 0 heterocycles. The van der Waals surface area contributed by atoms with Crippen LogP contribution >= 0.6 is 0 Å². The Morgan fingerprint density at radius 2 is 0.786 bits per heavy atom. The van der Waals surface area contributed by atoms with Crippen molar-refractivity contribution in [1.29, 1.82) is 0 Å². The number of aliphatic carboxylic acids is 5. The van der Waals surface area contributed by atoms with Gasteiger partial charge in [-0.05, 0) is 0 Å². The van der Waals surface area contributed by atoms with Crippen LogP contribution in [0.5, 0.6) is 0 Å². The second-order valence-corrected chi connectivity index (χ2v) is 21.0. The Hall–Kier alpha value is -1.45. The van der Waals surface area contributed by atoms with Gasteiger partial charge in [0, 0.05) is 26.2 Å². The number of rotatable bonds is 14. The van der Waals surface area contributed by atoms with Crippen LogP contribution in [0.3, 0.4) is 0 Å². The predicted octanol–water partition coefficient (Wildman–Crippen LogP) is -1.31. The summed E-state index contributed by atoms with van der Waals surface area (Å²) in [5.74, 6) is -7.99. The fraction of sp³-hybridized carbons (Fsp3) is 0.643. The van der Waals surface area contributed by atoms with Gasteiger partial charge in [0.15, 0.2) is 0 Å². The third-order valence-electron chi connectivity index (χ3n) is 2.94. The van der Waals surface area contributed by atoms with Gasteiger partial charge in [0.25, 0.3) is 0 Å². The summed E-state index contributed by atoms with van der Waals surface area (Å²) in [5.41, 5.74) is 10.3. The Kier molecular flexibility index (Phi) is 14.1. The standard InChI is InChI=1S/C4H13N3.5C2H3O2.Gd/c5-1-3-7-4-2-6;5*1-2(3)4;/h7H,1-6H2;5*1H2,(H,3,4);. The molecule has 14 heteroatoms. The first kappa shape index (κ1) is 28.8. The number of nitrogens with one attached hydrogen (secondary N) is 1. The van der Waals surface area contributed by atoms with Gasteiger partial charge in [0.1, 0.15) is 0 Å². The Labute approximate surface area is 162 Å². The maximum atomic E-state index is 11.0. The number of nitrogens with two attached hydrogens (primary N) is 2. The molecule has 13 nitrogen and oxygen atoms in total. The van der Waals surface area contributed by atoms with Crippen LogP contribution in [0.1, 0.15) is 0 Å². The zero-order chi connectivity index (χ0) is 22.4. The SMILES string of the molecule is NCCNCCN.O=C(O)[CH2][Gd]([CH2]C(=O)O)([CH2]C(=O)O)([CH2]C(=O)O)[CH2]C(=O)O. The third-order valence-corrected chi connectivity index (χ3v) is 17.7. The Balaban J connectivity index is 0. The van der Waals surface area contributed by atoms with Crippen LogP contribution in [0.25, 0.3) is 0 Å². The number of carboxylic acid groups (broad SMARTS) is 5. The van der Waals surface area contributed by atoms with Crippen LogP contribution < -0.4 is 16.8 Å². The third kappa shape index (κ3) is 12.9. The molecule has 0 radical (unpaired) electrons. The van der Waals surface area contributed by atoms with Crippen molar-refractivity contribution in [3.05, 3.63) is 0 Å². The molecule has 28 heavy (non-hydrogen) atoms. The van der Waals surface area contributed by atoms with Crippen LogP contribution in [0, 0.1) is 29.8 Å². The van der Waals surface area contributed by atoms with Crippen molar-refractivity contribution in [1.82, 2.24) is 5.32 Å². The van der Waals surface area contributed by atoms with Crippen molar-refractivity contribution in [2.45, 2.75) is 11.0 Å². The van der Waals surface area contributed by atoms with E-state index in [9.17, 15) is 24.0 Å². The molecule has 0 aromatic heterocycles. The molecule has 0 aliphatic heterocycles. The molecule has 0 spiro atoms. The first-order valence-corrected chi connectivity index (χ1v) is 15.7. The summed E-state index contributed by atoms with van der Waals surface area (Å²) in [5, 5.41) is 47.8. The Bertz CT molecular complexity index is 469. The van der Waals surface area contributed by atoms with Crippen LogP contribution in [-0.2, 0) is 24.0 Å². The minimum absolute atomic E-state index is 0.694. The summed E-state index contributed by atoms with van der Waals surface area (Å²) < 4.78 is -5.07. The van der Waals surface area contributed by atoms with Gasteiger partial charge >= 0.3 is 120 Å². The van der Waals surface area contributed by atoms with E-state index < -0.39 is 70.6 Å². The van der Waals surface area contributed by atoms with E-state index in [1.807, 2.05) is 0 Å². The van der Waals surface area contributed by atoms with Crippen LogP contribution in [0.2, 0.25) is 11.0 Å². The number of hydrogen-bond acceptors (Lipinski definition) is 8. The van der Waals surface area contributed by atoms with Gasteiger partial charge in [0.2, 0.25) is 0 Å². The van der Waals surface area contributed by atoms with Gasteiger partial charge < -0.3 is 16.8 Å². The molecule has 0 bridgehead atoms. The Morgan fingerprint density at radius 3 is 0.929 bits per heavy atom. The quantitative estimate of drug-likeness (QED) is 0.116. The van der Waals surface area contributed by atoms with Crippen molar-refractivity contribution in [2.24, 2.45) is 11.5 Å². The molecule has 0 aromatic rings. The molecule has 0 atom stereocenters. The van der Waals surface area contributed by atoms with E-state index in [-0.39, 0.29) is 0 Å². The predicted molar refractivity (Wildman–Crippen MR) is 93.2 cm³/mol. The zero-order valence-electron chi connectivity index (χ0n) is 15.1. The van der Waals surface area contributed by atoms with Crippen molar-refractivity contribution in [3.8, 4) is 0 Å². The van der Waals surface area contributed by atoms with Crippen molar-refractivity contribution in [2.75, 3.05) is 26.2 Å². The summed E-state index contributed by atoms with van der Waals surface area (Å²) in [4.78, 5) is 55.1. The number of hydrogen-bond donors (Lipinski definition) is 8. The summed E-state index contributed by atoms with van der Waals surface area (Å²) in [6.45, 7) is 3.13. The van der Waals surface area contributed by atoms with Crippen molar-refractivity contribution in [3.63, 3.8) is 0 Å². The van der Waals surface area contributed by atoms with E-state index in [1.54, 1.807) is 0 Å². The van der Waals surface area contributed by atoms with Gasteiger partial charge in [-0.2, -0.15) is 0 Å². The fourth-order valence-corrected chi connectivity index (χ4v) is 14.8. The van der Waals surface area contributed by atoms with E-state index in [2.05, 4.69) is 5.32 Å². The van der Waals surface area contributed by atoms with Crippen LogP contribution in [-0.4, -0.2) is 81.6 Å². The zero-order valence-corrected chi connectivity index (χ0v) is 17.4. The normalized spacial score (nSPS) is 12.0. The fourth-order valence-electron chi connectivity index (χ4n) is 2.28. The Morgan fingerprint density at radius 1 is 0.571 bits per heavy atom. The molecule has 0 aromatic carbocycles. The van der Waals surface area contributed by atoms with Gasteiger partial charge in [0.05, 0.1) is 0 Å². The molecule has 167 valence electrons. The number of carbonyl (C=O) groups is 5. The summed E-state index contributed by atoms with van der Waals surface area (Å²) in [6.07, 6.45) is 0. The molecular weight excluding hydrogens is 527 g/mol. The second kappa shape index (κ2) is 13.7. The molecular formula is C14H28GdN3O10. The summed E-state index contributed by atoms with van der Waals surface area (Å²) in [6, 6.07) is 0. The molecule has 0 rings (SSSR count). The van der Waals surface area contributed by atoms with Gasteiger partial charge in [-0.3, -0.25) is 0 Å². The molecule has 0 fully saturated rings. The maximum absolute atomic E-state index is 11.0. The molecule has 0 aliphatic carbocycles. The molecule has 0 saturated carbocycles. The first-order valence-electron chi connectivity index (χ1n) is 7.68. The van der Waals surface area contributed by atoms with E-state index in [0.717, 1.165) is 13.1 Å². The van der Waals surface area contributed by atoms with Crippen molar-refractivity contribution < 1.29 is 79.3 Å². The molecule has 0 saturated heterocycles. The first-order chi connectivity index (χ1) is 12.8. The number of carboxylic acids is 5. The van der Waals surface area contributed by atoms with E-state index in [1.165, 1.54) is 0 Å².